The normalized spacial score (nSPS) is 12.9. The maximum absolute atomic E-state index is 12.4. The van der Waals surface area contributed by atoms with Crippen LogP contribution in [0.1, 0.15) is 18.5 Å². The maximum Gasteiger partial charge on any atom is 0.279 e. The van der Waals surface area contributed by atoms with E-state index in [1.165, 1.54) is 5.39 Å². The van der Waals surface area contributed by atoms with Gasteiger partial charge in [-0.3, -0.25) is 9.59 Å². The number of carbonyl (C=O) groups is 2. The van der Waals surface area contributed by atoms with Gasteiger partial charge >= 0.3 is 0 Å². The van der Waals surface area contributed by atoms with Gasteiger partial charge in [0.25, 0.3) is 11.8 Å². The SMILES string of the molecule is C[C@@H](NC(=O)C[NH+](C)CC(=O)Nc1ccc(Cl)cc1)c1ccc2ccccc2c1. The van der Waals surface area contributed by atoms with E-state index in [2.05, 4.69) is 34.9 Å². The minimum atomic E-state index is -0.153. The predicted octanol–water partition coefficient (Wildman–Crippen LogP) is 2.82. The molecule has 0 aliphatic carbocycles. The fourth-order valence-electron chi connectivity index (χ4n) is 3.20. The number of anilines is 1. The number of rotatable bonds is 7. The second-order valence-electron chi connectivity index (χ2n) is 7.26. The molecule has 0 spiro atoms. The van der Waals surface area contributed by atoms with E-state index >= 15 is 0 Å². The van der Waals surface area contributed by atoms with Gasteiger partial charge in [0, 0.05) is 10.7 Å². The molecule has 0 saturated heterocycles. The third-order valence-electron chi connectivity index (χ3n) is 4.70. The zero-order chi connectivity index (χ0) is 20.8. The lowest BCUT2D eigenvalue weighted by molar-refractivity contribution is -0.862. The van der Waals surface area contributed by atoms with Gasteiger partial charge in [0.05, 0.1) is 13.1 Å². The quantitative estimate of drug-likeness (QED) is 0.561. The first-order chi connectivity index (χ1) is 13.9. The third-order valence-corrected chi connectivity index (χ3v) is 4.96. The van der Waals surface area contributed by atoms with Crippen LogP contribution in [0.5, 0.6) is 0 Å². The summed E-state index contributed by atoms with van der Waals surface area (Å²) >= 11 is 5.84. The largest absolute Gasteiger partial charge is 0.345 e. The fourth-order valence-corrected chi connectivity index (χ4v) is 3.33. The van der Waals surface area contributed by atoms with E-state index in [0.717, 1.165) is 15.8 Å². The van der Waals surface area contributed by atoms with Crippen molar-refractivity contribution in [3.05, 3.63) is 77.3 Å². The van der Waals surface area contributed by atoms with Crippen molar-refractivity contribution < 1.29 is 14.5 Å². The van der Waals surface area contributed by atoms with E-state index in [1.54, 1.807) is 24.3 Å². The Hall–Kier alpha value is -2.89. The van der Waals surface area contributed by atoms with E-state index in [4.69, 9.17) is 11.6 Å². The van der Waals surface area contributed by atoms with E-state index in [9.17, 15) is 9.59 Å². The minimum absolute atomic E-state index is 0.0950. The number of fused-ring (bicyclic) bond motifs is 1. The van der Waals surface area contributed by atoms with Crippen molar-refractivity contribution in [2.75, 3.05) is 25.5 Å². The Morgan fingerprint density at radius 1 is 0.931 bits per heavy atom. The van der Waals surface area contributed by atoms with Crippen molar-refractivity contribution in [1.29, 1.82) is 0 Å². The Morgan fingerprint density at radius 2 is 1.59 bits per heavy atom. The average molecular weight is 411 g/mol. The van der Waals surface area contributed by atoms with Crippen LogP contribution in [0.2, 0.25) is 5.02 Å². The second kappa shape index (κ2) is 9.54. The van der Waals surface area contributed by atoms with Gasteiger partial charge in [0.2, 0.25) is 0 Å². The van der Waals surface area contributed by atoms with Gasteiger partial charge in [-0.2, -0.15) is 0 Å². The number of nitrogens with one attached hydrogen (secondary N) is 3. The van der Waals surface area contributed by atoms with Crippen LogP contribution in [-0.2, 0) is 9.59 Å². The molecule has 0 heterocycles. The molecule has 29 heavy (non-hydrogen) atoms. The van der Waals surface area contributed by atoms with E-state index in [-0.39, 0.29) is 30.9 Å². The van der Waals surface area contributed by atoms with Crippen molar-refractivity contribution in [2.24, 2.45) is 0 Å². The summed E-state index contributed by atoms with van der Waals surface area (Å²) in [4.78, 5) is 25.4. The summed E-state index contributed by atoms with van der Waals surface area (Å²) in [6, 6.07) is 21.1. The highest BCUT2D eigenvalue weighted by Gasteiger charge is 2.17. The van der Waals surface area contributed by atoms with Crippen LogP contribution >= 0.6 is 11.6 Å². The van der Waals surface area contributed by atoms with Gasteiger partial charge in [-0.25, -0.2) is 0 Å². The summed E-state index contributed by atoms with van der Waals surface area (Å²) in [5.41, 5.74) is 1.73. The molecule has 3 aromatic rings. The smallest absolute Gasteiger partial charge is 0.279 e. The van der Waals surface area contributed by atoms with Gasteiger partial charge in [0.15, 0.2) is 13.1 Å². The molecule has 3 aromatic carbocycles. The lowest BCUT2D eigenvalue weighted by atomic mass is 10.0. The number of hydrogen-bond acceptors (Lipinski definition) is 2. The molecular weight excluding hydrogens is 386 g/mol. The summed E-state index contributed by atoms with van der Waals surface area (Å²) < 4.78 is 0. The van der Waals surface area contributed by atoms with Crippen LogP contribution in [0.3, 0.4) is 0 Å². The van der Waals surface area contributed by atoms with Crippen molar-refractivity contribution >= 4 is 39.9 Å². The molecule has 150 valence electrons. The molecular formula is C23H25ClN3O2+. The molecule has 0 bridgehead atoms. The van der Waals surface area contributed by atoms with Gasteiger partial charge < -0.3 is 15.5 Å². The zero-order valence-corrected chi connectivity index (χ0v) is 17.3. The zero-order valence-electron chi connectivity index (χ0n) is 16.5. The Morgan fingerprint density at radius 3 is 2.31 bits per heavy atom. The predicted molar refractivity (Wildman–Crippen MR) is 117 cm³/mol. The molecule has 6 heteroatoms. The summed E-state index contributed by atoms with van der Waals surface area (Å²) in [6.45, 7) is 2.37. The van der Waals surface area contributed by atoms with E-state index < -0.39 is 0 Å². The first kappa shape index (κ1) is 20.8. The Balaban J connectivity index is 1.49. The van der Waals surface area contributed by atoms with Gasteiger partial charge in [0.1, 0.15) is 0 Å². The van der Waals surface area contributed by atoms with Crippen molar-refractivity contribution in [3.8, 4) is 0 Å². The summed E-state index contributed by atoms with van der Waals surface area (Å²) in [5, 5.41) is 8.75. The Labute approximate surface area is 175 Å². The molecule has 5 nitrogen and oxygen atoms in total. The number of benzene rings is 3. The second-order valence-corrected chi connectivity index (χ2v) is 7.70. The van der Waals surface area contributed by atoms with E-state index in [1.807, 2.05) is 32.2 Å². The van der Waals surface area contributed by atoms with Gasteiger partial charge in [-0.05, 0) is 53.6 Å². The summed E-state index contributed by atoms with van der Waals surface area (Å²) in [6.07, 6.45) is 0. The number of carbonyl (C=O) groups excluding carboxylic acids is 2. The van der Waals surface area contributed by atoms with Crippen molar-refractivity contribution in [1.82, 2.24) is 5.32 Å². The molecule has 2 atom stereocenters. The number of hydrogen-bond donors (Lipinski definition) is 3. The highest BCUT2D eigenvalue weighted by molar-refractivity contribution is 6.30. The first-order valence-electron chi connectivity index (χ1n) is 9.55. The number of likely N-dealkylation sites (N-methyl/N-ethyl adjacent to an activating group) is 1. The third kappa shape index (κ3) is 6.04. The van der Waals surface area contributed by atoms with Crippen LogP contribution in [-0.4, -0.2) is 32.0 Å². The molecule has 1 unspecified atom stereocenters. The summed E-state index contributed by atoms with van der Waals surface area (Å²) in [7, 11) is 1.82. The van der Waals surface area contributed by atoms with Gasteiger partial charge in [-0.15, -0.1) is 0 Å². The van der Waals surface area contributed by atoms with E-state index in [0.29, 0.717) is 10.7 Å². The Kier molecular flexibility index (Phi) is 6.86. The fraction of sp³-hybridized carbons (Fsp3) is 0.217. The van der Waals surface area contributed by atoms with Crippen LogP contribution in [0.4, 0.5) is 5.69 Å². The Bertz CT molecular complexity index is 1000. The highest BCUT2D eigenvalue weighted by Crippen LogP contribution is 2.20. The van der Waals surface area contributed by atoms with Crippen LogP contribution in [0, 0.1) is 0 Å². The highest BCUT2D eigenvalue weighted by atomic mass is 35.5. The number of halogens is 1. The molecule has 2 amide bonds. The van der Waals surface area contributed by atoms with Crippen LogP contribution < -0.4 is 15.5 Å². The topological polar surface area (TPSA) is 62.6 Å². The lowest BCUT2D eigenvalue weighted by Gasteiger charge is -2.17. The van der Waals surface area contributed by atoms with Gasteiger partial charge in [-0.1, -0.05) is 48.0 Å². The molecule has 3 rings (SSSR count). The monoisotopic (exact) mass is 410 g/mol. The molecule has 3 N–H and O–H groups in total. The maximum atomic E-state index is 12.4. The molecule has 0 aliphatic rings. The molecule has 0 fully saturated rings. The molecule has 0 saturated carbocycles. The standard InChI is InChI=1S/C23H24ClN3O2/c1-16(18-8-7-17-5-3-4-6-19(17)13-18)25-22(28)14-27(2)15-23(29)26-21-11-9-20(24)10-12-21/h3-13,16H,14-15H2,1-2H3,(H,25,28)(H,26,29)/p+1/t16-/m1/s1. The van der Waals surface area contributed by atoms with Crippen molar-refractivity contribution in [2.45, 2.75) is 13.0 Å². The van der Waals surface area contributed by atoms with Crippen molar-refractivity contribution in [3.63, 3.8) is 0 Å². The number of amides is 2. The molecule has 0 aromatic heterocycles. The average Bonchev–Trinajstić information content (AvgIpc) is 2.69. The summed E-state index contributed by atoms with van der Waals surface area (Å²) in [5.74, 6) is -0.248. The molecule has 0 radical (unpaired) electrons. The number of quaternary nitrogens is 1. The lowest BCUT2D eigenvalue weighted by Crippen LogP contribution is -3.11. The first-order valence-corrected chi connectivity index (χ1v) is 9.93. The van der Waals surface area contributed by atoms with Crippen LogP contribution in [0.15, 0.2) is 66.7 Å². The van der Waals surface area contributed by atoms with Crippen LogP contribution in [0.25, 0.3) is 10.8 Å². The minimum Gasteiger partial charge on any atom is -0.345 e. The molecule has 0 aliphatic heterocycles.